The minimum atomic E-state index is -4.91. The number of aryl methyl sites for hydroxylation is 1. The first kappa shape index (κ1) is 29.6. The number of hydrogen-bond acceptors (Lipinski definition) is 3. The van der Waals surface area contributed by atoms with Gasteiger partial charge in [-0.25, -0.2) is 0 Å². The van der Waals surface area contributed by atoms with E-state index in [1.165, 1.54) is 38.5 Å². The highest BCUT2D eigenvalue weighted by molar-refractivity contribution is 5.85. The number of carbonyl (C=O) groups excluding carboxylic acids is 1. The molecule has 4 rings (SSSR count). The molecule has 1 unspecified atom stereocenters. The molecule has 2 aromatic carbocycles. The SMILES string of the molecule is O=C(CCc1cc(C(F)(F)F)cc(C(F)(F)F)c1)C(c1ccccc1)N1CCN(CCC2CCCCC2)CC1. The highest BCUT2D eigenvalue weighted by atomic mass is 19.4. The number of benzene rings is 2. The van der Waals surface area contributed by atoms with E-state index < -0.39 is 29.5 Å². The second-order valence-corrected chi connectivity index (χ2v) is 10.9. The Morgan fingerprint density at radius 1 is 0.821 bits per heavy atom. The molecule has 1 heterocycles. The maximum absolute atomic E-state index is 13.5. The van der Waals surface area contributed by atoms with Gasteiger partial charge in [-0.1, -0.05) is 62.4 Å². The van der Waals surface area contributed by atoms with Crippen molar-refractivity contribution in [3.63, 3.8) is 0 Å². The van der Waals surface area contributed by atoms with Crippen molar-refractivity contribution in [1.29, 1.82) is 0 Å². The Hall–Kier alpha value is -2.39. The average Bonchev–Trinajstić information content (AvgIpc) is 2.92. The van der Waals surface area contributed by atoms with Crippen LogP contribution in [0.5, 0.6) is 0 Å². The van der Waals surface area contributed by atoms with Crippen LogP contribution < -0.4 is 0 Å². The van der Waals surface area contributed by atoms with Crippen molar-refractivity contribution in [3.8, 4) is 0 Å². The fourth-order valence-corrected chi connectivity index (χ4v) is 5.89. The van der Waals surface area contributed by atoms with Crippen LogP contribution in [0.2, 0.25) is 0 Å². The van der Waals surface area contributed by atoms with Crippen LogP contribution in [0.25, 0.3) is 0 Å². The molecule has 3 nitrogen and oxygen atoms in total. The van der Waals surface area contributed by atoms with Gasteiger partial charge in [-0.15, -0.1) is 0 Å². The summed E-state index contributed by atoms with van der Waals surface area (Å²) in [7, 11) is 0. The Bertz CT molecular complexity index is 1040. The van der Waals surface area contributed by atoms with Gasteiger partial charge in [0, 0.05) is 32.6 Å². The number of ketones is 1. The molecule has 0 amide bonds. The number of rotatable bonds is 9. The number of nitrogens with zero attached hydrogens (tertiary/aromatic N) is 2. The third kappa shape index (κ3) is 8.30. The number of Topliss-reactive ketones (excluding diaryl/α,β-unsaturated/α-hetero) is 1. The van der Waals surface area contributed by atoms with E-state index >= 15 is 0 Å². The van der Waals surface area contributed by atoms with Gasteiger partial charge in [-0.2, -0.15) is 26.3 Å². The molecule has 0 aromatic heterocycles. The van der Waals surface area contributed by atoms with Gasteiger partial charge in [0.15, 0.2) is 5.78 Å². The summed E-state index contributed by atoms with van der Waals surface area (Å²) in [6.07, 6.45) is -2.40. The van der Waals surface area contributed by atoms with Gasteiger partial charge in [0.05, 0.1) is 17.2 Å². The summed E-state index contributed by atoms with van der Waals surface area (Å²) in [6, 6.07) is 10.2. The Balaban J connectivity index is 1.42. The van der Waals surface area contributed by atoms with Gasteiger partial charge in [0.1, 0.15) is 0 Å². The monoisotopic (exact) mass is 554 g/mol. The highest BCUT2D eigenvalue weighted by Crippen LogP contribution is 2.37. The van der Waals surface area contributed by atoms with Gasteiger partial charge in [-0.05, 0) is 54.6 Å². The van der Waals surface area contributed by atoms with E-state index in [0.29, 0.717) is 25.2 Å². The van der Waals surface area contributed by atoms with Gasteiger partial charge < -0.3 is 4.90 Å². The number of halogens is 6. The summed E-state index contributed by atoms with van der Waals surface area (Å²) in [5, 5.41) is 0. The molecule has 2 aliphatic rings. The first-order valence-corrected chi connectivity index (χ1v) is 13.8. The standard InChI is InChI=1S/C30H36F6N2O/c31-29(32,33)25-19-23(20-26(21-25)30(34,35)36)11-12-27(39)28(24-9-5-2-6-10-24)38-17-15-37(16-18-38)14-13-22-7-3-1-4-8-22/h2,5-6,9-10,19-22,28H,1,3-4,7-8,11-18H2. The smallest absolute Gasteiger partial charge is 0.301 e. The summed E-state index contributed by atoms with van der Waals surface area (Å²) in [4.78, 5) is 18.0. The van der Waals surface area contributed by atoms with Crippen LogP contribution in [0.4, 0.5) is 26.3 Å². The van der Waals surface area contributed by atoms with Crippen molar-refractivity contribution in [2.75, 3.05) is 32.7 Å². The van der Waals surface area contributed by atoms with Crippen molar-refractivity contribution in [2.24, 2.45) is 5.92 Å². The lowest BCUT2D eigenvalue weighted by molar-refractivity contribution is -0.143. The minimum absolute atomic E-state index is 0.117. The highest BCUT2D eigenvalue weighted by Gasteiger charge is 2.37. The topological polar surface area (TPSA) is 23.6 Å². The van der Waals surface area contributed by atoms with Crippen LogP contribution >= 0.6 is 0 Å². The molecule has 0 spiro atoms. The van der Waals surface area contributed by atoms with E-state index in [4.69, 9.17) is 0 Å². The van der Waals surface area contributed by atoms with Gasteiger partial charge in [0.2, 0.25) is 0 Å². The van der Waals surface area contributed by atoms with Crippen LogP contribution in [0.15, 0.2) is 48.5 Å². The molecule has 9 heteroatoms. The predicted molar refractivity (Wildman–Crippen MR) is 138 cm³/mol. The van der Waals surface area contributed by atoms with E-state index in [-0.39, 0.29) is 30.3 Å². The molecular weight excluding hydrogens is 518 g/mol. The van der Waals surface area contributed by atoms with Gasteiger partial charge in [0.25, 0.3) is 0 Å². The molecule has 1 saturated carbocycles. The van der Waals surface area contributed by atoms with E-state index in [1.807, 2.05) is 30.3 Å². The summed E-state index contributed by atoms with van der Waals surface area (Å²) in [6.45, 7) is 4.05. The van der Waals surface area contributed by atoms with Crippen LogP contribution in [0.3, 0.4) is 0 Å². The number of hydrogen-bond donors (Lipinski definition) is 0. The number of carbonyl (C=O) groups is 1. The van der Waals surface area contributed by atoms with Crippen LogP contribution in [0, 0.1) is 5.92 Å². The molecule has 2 aromatic rings. The molecule has 0 N–H and O–H groups in total. The molecule has 1 saturated heterocycles. The molecule has 39 heavy (non-hydrogen) atoms. The number of alkyl halides is 6. The third-order valence-electron chi connectivity index (χ3n) is 8.08. The zero-order chi connectivity index (χ0) is 28.0. The van der Waals surface area contributed by atoms with E-state index in [1.54, 1.807) is 0 Å². The van der Waals surface area contributed by atoms with Crippen molar-refractivity contribution >= 4 is 5.78 Å². The molecular formula is C30H36F6N2O. The lowest BCUT2D eigenvalue weighted by Crippen LogP contribution is -2.49. The molecule has 214 valence electrons. The normalized spacial score (nSPS) is 19.2. The average molecular weight is 555 g/mol. The Morgan fingerprint density at radius 3 is 1.97 bits per heavy atom. The first-order chi connectivity index (χ1) is 18.5. The molecule has 1 aliphatic heterocycles. The van der Waals surface area contributed by atoms with E-state index in [0.717, 1.165) is 31.1 Å². The molecule has 0 radical (unpaired) electrons. The summed E-state index contributed by atoms with van der Waals surface area (Å²) in [5.74, 6) is 0.590. The minimum Gasteiger partial charge on any atom is -0.301 e. The molecule has 1 aliphatic carbocycles. The maximum atomic E-state index is 13.5. The summed E-state index contributed by atoms with van der Waals surface area (Å²) in [5.41, 5.74) is -2.07. The summed E-state index contributed by atoms with van der Waals surface area (Å²) >= 11 is 0. The quantitative estimate of drug-likeness (QED) is 0.299. The van der Waals surface area contributed by atoms with Crippen LogP contribution in [0.1, 0.15) is 73.2 Å². The third-order valence-corrected chi connectivity index (χ3v) is 8.08. The van der Waals surface area contributed by atoms with Crippen molar-refractivity contribution in [2.45, 2.75) is 69.8 Å². The fourth-order valence-electron chi connectivity index (χ4n) is 5.89. The summed E-state index contributed by atoms with van der Waals surface area (Å²) < 4.78 is 79.6. The van der Waals surface area contributed by atoms with Gasteiger partial charge >= 0.3 is 12.4 Å². The van der Waals surface area contributed by atoms with Crippen LogP contribution in [-0.2, 0) is 23.6 Å². The maximum Gasteiger partial charge on any atom is 0.416 e. The van der Waals surface area contributed by atoms with E-state index in [9.17, 15) is 31.1 Å². The molecule has 1 atom stereocenters. The zero-order valence-corrected chi connectivity index (χ0v) is 22.0. The lowest BCUT2D eigenvalue weighted by atomic mass is 9.87. The van der Waals surface area contributed by atoms with E-state index in [2.05, 4.69) is 9.80 Å². The van der Waals surface area contributed by atoms with Crippen molar-refractivity contribution in [1.82, 2.24) is 9.80 Å². The second kappa shape index (κ2) is 12.9. The largest absolute Gasteiger partial charge is 0.416 e. The van der Waals surface area contributed by atoms with Crippen LogP contribution in [-0.4, -0.2) is 48.3 Å². The first-order valence-electron chi connectivity index (χ1n) is 13.8. The fraction of sp³-hybridized carbons (Fsp3) is 0.567. The number of piperazine rings is 1. The Morgan fingerprint density at radius 2 is 1.41 bits per heavy atom. The molecule has 2 fully saturated rings. The predicted octanol–water partition coefficient (Wildman–Crippen LogP) is 7.56. The Kier molecular flexibility index (Phi) is 9.75. The zero-order valence-electron chi connectivity index (χ0n) is 22.0. The second-order valence-electron chi connectivity index (χ2n) is 10.9. The lowest BCUT2D eigenvalue weighted by Gasteiger charge is -2.39. The van der Waals surface area contributed by atoms with Crippen molar-refractivity contribution < 1.29 is 31.1 Å². The Labute approximate surface area is 226 Å². The van der Waals surface area contributed by atoms with Crippen molar-refractivity contribution in [3.05, 3.63) is 70.8 Å². The van der Waals surface area contributed by atoms with Gasteiger partial charge in [-0.3, -0.25) is 9.69 Å². The molecule has 0 bridgehead atoms.